The Morgan fingerprint density at radius 1 is 1.33 bits per heavy atom. The maximum absolute atomic E-state index is 12.2. The molecule has 0 unspecified atom stereocenters. The van der Waals surface area contributed by atoms with Crippen LogP contribution in [0.15, 0.2) is 24.3 Å². The predicted molar refractivity (Wildman–Crippen MR) is 79.7 cm³/mol. The minimum atomic E-state index is -0.201. The number of amides is 1. The number of hydrogen-bond acceptors (Lipinski definition) is 3. The van der Waals surface area contributed by atoms with Crippen molar-refractivity contribution in [3.63, 3.8) is 0 Å². The minimum Gasteiger partial charge on any atom is -0.395 e. The highest BCUT2D eigenvalue weighted by Gasteiger charge is 2.26. The molecule has 5 heteroatoms. The molecular formula is C16H19N3O2. The molecule has 0 fully saturated rings. The van der Waals surface area contributed by atoms with Crippen molar-refractivity contribution >= 4 is 5.91 Å². The van der Waals surface area contributed by atoms with Crippen LogP contribution in [0.25, 0.3) is 5.69 Å². The van der Waals surface area contributed by atoms with E-state index in [1.807, 2.05) is 35.9 Å². The molecule has 1 heterocycles. The minimum absolute atomic E-state index is 0.0629. The van der Waals surface area contributed by atoms with Gasteiger partial charge in [0.15, 0.2) is 5.69 Å². The van der Waals surface area contributed by atoms with Gasteiger partial charge in [-0.2, -0.15) is 5.10 Å². The average molecular weight is 285 g/mol. The first-order chi connectivity index (χ1) is 10.2. The highest BCUT2D eigenvalue weighted by molar-refractivity contribution is 5.94. The Morgan fingerprint density at radius 2 is 2.10 bits per heavy atom. The molecule has 5 nitrogen and oxygen atoms in total. The van der Waals surface area contributed by atoms with Crippen molar-refractivity contribution in [1.29, 1.82) is 0 Å². The van der Waals surface area contributed by atoms with Crippen LogP contribution < -0.4 is 5.32 Å². The highest BCUT2D eigenvalue weighted by atomic mass is 16.3. The molecule has 2 aromatic rings. The number of aliphatic hydroxyl groups excluding tert-OH is 1. The van der Waals surface area contributed by atoms with Gasteiger partial charge >= 0.3 is 0 Å². The number of aromatic nitrogens is 2. The third-order valence-electron chi connectivity index (χ3n) is 3.82. The number of hydrogen-bond donors (Lipinski definition) is 2. The van der Waals surface area contributed by atoms with Crippen LogP contribution in [0.2, 0.25) is 0 Å². The fourth-order valence-electron chi connectivity index (χ4n) is 2.77. The molecule has 21 heavy (non-hydrogen) atoms. The summed E-state index contributed by atoms with van der Waals surface area (Å²) in [6, 6.07) is 8.14. The van der Waals surface area contributed by atoms with Crippen LogP contribution in [0.5, 0.6) is 0 Å². The van der Waals surface area contributed by atoms with Crippen molar-refractivity contribution in [3.05, 3.63) is 46.8 Å². The molecule has 1 amide bonds. The maximum atomic E-state index is 12.2. The van der Waals surface area contributed by atoms with Gasteiger partial charge < -0.3 is 10.4 Å². The molecule has 110 valence electrons. The maximum Gasteiger partial charge on any atom is 0.272 e. The van der Waals surface area contributed by atoms with Gasteiger partial charge in [-0.3, -0.25) is 4.79 Å². The lowest BCUT2D eigenvalue weighted by atomic mass is 10.2. The normalized spacial score (nSPS) is 13.2. The first-order valence-electron chi connectivity index (χ1n) is 7.27. The number of aryl methyl sites for hydroxylation is 1. The lowest BCUT2D eigenvalue weighted by molar-refractivity contribution is 0.0938. The molecule has 0 radical (unpaired) electrons. The summed E-state index contributed by atoms with van der Waals surface area (Å²) >= 11 is 0. The summed E-state index contributed by atoms with van der Waals surface area (Å²) in [4.78, 5) is 12.2. The van der Waals surface area contributed by atoms with Crippen molar-refractivity contribution in [2.75, 3.05) is 13.2 Å². The van der Waals surface area contributed by atoms with Gasteiger partial charge in [-0.25, -0.2) is 4.68 Å². The molecule has 1 aliphatic carbocycles. The van der Waals surface area contributed by atoms with Crippen LogP contribution in [-0.4, -0.2) is 33.9 Å². The van der Waals surface area contributed by atoms with Crippen LogP contribution in [0.3, 0.4) is 0 Å². The molecule has 0 aliphatic heterocycles. The van der Waals surface area contributed by atoms with Crippen molar-refractivity contribution < 1.29 is 9.90 Å². The van der Waals surface area contributed by atoms with Crippen LogP contribution in [0.1, 0.15) is 33.7 Å². The summed E-state index contributed by atoms with van der Waals surface area (Å²) in [7, 11) is 0. The molecule has 1 aromatic carbocycles. The Labute approximate surface area is 123 Å². The van der Waals surface area contributed by atoms with Gasteiger partial charge in [0.05, 0.1) is 12.3 Å². The molecule has 2 N–H and O–H groups in total. The van der Waals surface area contributed by atoms with E-state index in [2.05, 4.69) is 10.4 Å². The third-order valence-corrected chi connectivity index (χ3v) is 3.82. The zero-order valence-corrected chi connectivity index (χ0v) is 12.1. The fraction of sp³-hybridized carbons (Fsp3) is 0.375. The van der Waals surface area contributed by atoms with Gasteiger partial charge in [0.25, 0.3) is 5.91 Å². The second kappa shape index (κ2) is 5.69. The van der Waals surface area contributed by atoms with Crippen LogP contribution in [0, 0.1) is 6.92 Å². The Kier molecular flexibility index (Phi) is 3.75. The molecular weight excluding hydrogens is 266 g/mol. The van der Waals surface area contributed by atoms with Gasteiger partial charge in [-0.05, 0) is 38.3 Å². The standard InChI is InChI=1S/C16H19N3O2/c1-11-5-7-12(8-6-11)19-14-4-2-3-13(14)15(18-19)16(21)17-9-10-20/h5-8,20H,2-4,9-10H2,1H3,(H,17,21). The first-order valence-corrected chi connectivity index (χ1v) is 7.27. The predicted octanol–water partition coefficient (Wildman–Crippen LogP) is 1.39. The second-order valence-corrected chi connectivity index (χ2v) is 5.35. The number of benzene rings is 1. The first kappa shape index (κ1) is 13.8. The quantitative estimate of drug-likeness (QED) is 0.892. The third kappa shape index (κ3) is 2.56. The van der Waals surface area contributed by atoms with Gasteiger partial charge in [-0.1, -0.05) is 17.7 Å². The SMILES string of the molecule is Cc1ccc(-n2nc(C(=O)NCCO)c3c2CCC3)cc1. The van der Waals surface area contributed by atoms with Crippen LogP contribution in [-0.2, 0) is 12.8 Å². The van der Waals surface area contributed by atoms with Crippen molar-refractivity contribution in [1.82, 2.24) is 15.1 Å². The van der Waals surface area contributed by atoms with Gasteiger partial charge in [0.2, 0.25) is 0 Å². The van der Waals surface area contributed by atoms with Gasteiger partial charge in [0, 0.05) is 17.8 Å². The molecule has 1 aliphatic rings. The molecule has 0 saturated carbocycles. The Balaban J connectivity index is 1.99. The topological polar surface area (TPSA) is 67.2 Å². The zero-order valence-electron chi connectivity index (χ0n) is 12.1. The van der Waals surface area contributed by atoms with E-state index < -0.39 is 0 Å². The number of carbonyl (C=O) groups is 1. The van der Waals surface area contributed by atoms with Crippen molar-refractivity contribution in [2.45, 2.75) is 26.2 Å². The number of fused-ring (bicyclic) bond motifs is 1. The lowest BCUT2D eigenvalue weighted by Gasteiger charge is -2.05. The molecule has 0 atom stereocenters. The van der Waals surface area contributed by atoms with Crippen LogP contribution >= 0.6 is 0 Å². The van der Waals surface area contributed by atoms with Crippen LogP contribution in [0.4, 0.5) is 0 Å². The van der Waals surface area contributed by atoms with Gasteiger partial charge in [-0.15, -0.1) is 0 Å². The molecule has 1 aromatic heterocycles. The van der Waals surface area contributed by atoms with E-state index in [-0.39, 0.29) is 19.1 Å². The summed E-state index contributed by atoms with van der Waals surface area (Å²) in [5.41, 5.74) is 4.86. The monoisotopic (exact) mass is 285 g/mol. The van der Waals surface area contributed by atoms with E-state index in [9.17, 15) is 4.79 Å². The summed E-state index contributed by atoms with van der Waals surface area (Å²) in [6.45, 7) is 2.24. The Bertz CT molecular complexity index is 659. The Hall–Kier alpha value is -2.14. The summed E-state index contributed by atoms with van der Waals surface area (Å²) in [5.74, 6) is -0.201. The number of nitrogens with one attached hydrogen (secondary N) is 1. The molecule has 3 rings (SSSR count). The van der Waals surface area contributed by atoms with E-state index in [1.165, 1.54) is 5.56 Å². The van der Waals surface area contributed by atoms with Crippen molar-refractivity contribution in [3.8, 4) is 5.69 Å². The molecule has 0 saturated heterocycles. The number of nitrogens with zero attached hydrogens (tertiary/aromatic N) is 2. The smallest absolute Gasteiger partial charge is 0.272 e. The Morgan fingerprint density at radius 3 is 2.81 bits per heavy atom. The fourth-order valence-corrected chi connectivity index (χ4v) is 2.77. The van der Waals surface area contributed by atoms with E-state index in [0.717, 1.165) is 36.2 Å². The number of rotatable bonds is 4. The zero-order chi connectivity index (χ0) is 14.8. The van der Waals surface area contributed by atoms with E-state index >= 15 is 0 Å². The average Bonchev–Trinajstić information content (AvgIpc) is 3.08. The largest absolute Gasteiger partial charge is 0.395 e. The molecule has 0 spiro atoms. The summed E-state index contributed by atoms with van der Waals surface area (Å²) < 4.78 is 1.88. The number of aliphatic hydroxyl groups is 1. The van der Waals surface area contributed by atoms with E-state index in [4.69, 9.17) is 5.11 Å². The lowest BCUT2D eigenvalue weighted by Crippen LogP contribution is -2.27. The number of carbonyl (C=O) groups excluding carboxylic acids is 1. The van der Waals surface area contributed by atoms with E-state index in [1.54, 1.807) is 0 Å². The van der Waals surface area contributed by atoms with Crippen molar-refractivity contribution in [2.24, 2.45) is 0 Å². The summed E-state index contributed by atoms with van der Waals surface area (Å²) in [6.07, 6.45) is 2.89. The highest BCUT2D eigenvalue weighted by Crippen LogP contribution is 2.27. The summed E-state index contributed by atoms with van der Waals surface area (Å²) in [5, 5.41) is 16.0. The molecule has 0 bridgehead atoms. The van der Waals surface area contributed by atoms with Gasteiger partial charge in [0.1, 0.15) is 0 Å². The second-order valence-electron chi connectivity index (χ2n) is 5.35. The van der Waals surface area contributed by atoms with E-state index in [0.29, 0.717) is 5.69 Å².